The molecule has 43 heavy (non-hydrogen) atoms. The highest BCUT2D eigenvalue weighted by Crippen LogP contribution is 2.19. The summed E-state index contributed by atoms with van der Waals surface area (Å²) in [6.45, 7) is 0. The van der Waals surface area contributed by atoms with Crippen molar-refractivity contribution in [2.45, 2.75) is 0 Å². The summed E-state index contributed by atoms with van der Waals surface area (Å²) in [6.07, 6.45) is 11.6. The van der Waals surface area contributed by atoms with Gasteiger partial charge in [-0.05, 0) is 55.4 Å². The molecule has 6 aromatic rings. The summed E-state index contributed by atoms with van der Waals surface area (Å²) in [5.41, 5.74) is 1.68. The molecule has 0 saturated carbocycles. The summed E-state index contributed by atoms with van der Waals surface area (Å²) in [5.74, 6) is 5.58. The predicted molar refractivity (Wildman–Crippen MR) is 185 cm³/mol. The third kappa shape index (κ3) is 5.19. The first-order valence-corrected chi connectivity index (χ1v) is 18.1. The fourth-order valence-electron chi connectivity index (χ4n) is 5.88. The maximum absolute atomic E-state index is 8.26. The highest BCUT2D eigenvalue weighted by Gasteiger charge is 2.52. The van der Waals surface area contributed by atoms with Crippen LogP contribution in [0, 0.1) is 24.7 Å². The van der Waals surface area contributed by atoms with E-state index in [-0.39, 0.29) is 0 Å². The number of hydrogen-bond donors (Lipinski definition) is 0. The Bertz CT molecular complexity index is 1650. The molecule has 0 aromatic heterocycles. The molecule has 0 N–H and O–H groups in total. The Balaban J connectivity index is 1.76. The number of terminal acetylenes is 2. The Morgan fingerprint density at radius 1 is 0.326 bits per heavy atom. The predicted octanol–water partition coefficient (Wildman–Crippen LogP) is 4.30. The first kappa shape index (κ1) is 28.0. The van der Waals surface area contributed by atoms with Gasteiger partial charge in [0.1, 0.15) is 0 Å². The normalized spacial score (nSPS) is 11.3. The standard InChI is InChI=1S/C40H30OSi2/c1-3-33-25-29-39(30-26-33)42(35-17-9-5-10-18-35,36-19-11-6-12-20-36)41-43(37-21-13-7-14-22-37,38-23-15-8-16-24-38)40-31-27-34(4-2)28-32-40/h1-2,5-32H. The van der Waals surface area contributed by atoms with Crippen LogP contribution in [0.1, 0.15) is 11.1 Å². The van der Waals surface area contributed by atoms with Gasteiger partial charge in [-0.3, -0.25) is 0 Å². The van der Waals surface area contributed by atoms with Gasteiger partial charge in [0.15, 0.2) is 0 Å². The summed E-state index contributed by atoms with van der Waals surface area (Å²) >= 11 is 0. The second-order valence-electron chi connectivity index (χ2n) is 10.4. The van der Waals surface area contributed by atoms with E-state index in [2.05, 4.69) is 157 Å². The van der Waals surface area contributed by atoms with E-state index < -0.39 is 16.6 Å². The topological polar surface area (TPSA) is 9.23 Å². The van der Waals surface area contributed by atoms with E-state index in [1.807, 2.05) is 24.3 Å². The summed E-state index contributed by atoms with van der Waals surface area (Å²) in [4.78, 5) is 0. The third-order valence-corrected chi connectivity index (χ3v) is 17.3. The van der Waals surface area contributed by atoms with Crippen LogP contribution in [-0.4, -0.2) is 16.6 Å². The van der Waals surface area contributed by atoms with Crippen LogP contribution in [-0.2, 0) is 4.12 Å². The van der Waals surface area contributed by atoms with Crippen LogP contribution in [0.15, 0.2) is 170 Å². The maximum atomic E-state index is 8.26. The van der Waals surface area contributed by atoms with Crippen molar-refractivity contribution in [2.24, 2.45) is 0 Å². The summed E-state index contributed by atoms with van der Waals surface area (Å²) in [5, 5.41) is 6.93. The van der Waals surface area contributed by atoms with Gasteiger partial charge in [-0.2, -0.15) is 0 Å². The largest absolute Gasteiger partial charge is 0.435 e. The second kappa shape index (κ2) is 12.4. The SMILES string of the molecule is C#Cc1ccc([Si](O[Si](c2ccccc2)(c2ccccc2)c2ccc(C#C)cc2)(c2ccccc2)c2ccccc2)cc1. The molecule has 6 rings (SSSR count). The van der Waals surface area contributed by atoms with Crippen LogP contribution in [0.2, 0.25) is 0 Å². The first-order chi connectivity index (χ1) is 21.2. The van der Waals surface area contributed by atoms with Crippen LogP contribution in [0.4, 0.5) is 0 Å². The number of hydrogen-bond acceptors (Lipinski definition) is 1. The van der Waals surface area contributed by atoms with E-state index in [1.165, 1.54) is 20.7 Å². The highest BCUT2D eigenvalue weighted by atomic mass is 28.4. The minimum Gasteiger partial charge on any atom is -0.435 e. The minimum atomic E-state index is -3.21. The van der Waals surface area contributed by atoms with Crippen LogP contribution in [0.3, 0.4) is 0 Å². The molecule has 1 nitrogen and oxygen atoms in total. The zero-order chi connectivity index (χ0) is 29.5. The Labute approximate surface area is 256 Å². The van der Waals surface area contributed by atoms with Crippen molar-refractivity contribution in [2.75, 3.05) is 0 Å². The van der Waals surface area contributed by atoms with Crippen LogP contribution in [0.25, 0.3) is 0 Å². The highest BCUT2D eigenvalue weighted by molar-refractivity contribution is 7.18. The van der Waals surface area contributed by atoms with Crippen LogP contribution in [0.5, 0.6) is 0 Å². The average Bonchev–Trinajstić information content (AvgIpc) is 3.11. The Morgan fingerprint density at radius 3 is 0.791 bits per heavy atom. The molecule has 0 spiro atoms. The molecule has 0 bridgehead atoms. The molecule has 0 heterocycles. The van der Waals surface area contributed by atoms with E-state index in [1.54, 1.807) is 0 Å². The van der Waals surface area contributed by atoms with Gasteiger partial charge in [0.25, 0.3) is 16.6 Å². The van der Waals surface area contributed by atoms with E-state index >= 15 is 0 Å². The molecule has 0 atom stereocenters. The lowest BCUT2D eigenvalue weighted by molar-refractivity contribution is 0.600. The van der Waals surface area contributed by atoms with Crippen molar-refractivity contribution in [1.29, 1.82) is 0 Å². The van der Waals surface area contributed by atoms with Gasteiger partial charge < -0.3 is 4.12 Å². The van der Waals surface area contributed by atoms with Crippen molar-refractivity contribution in [3.8, 4) is 24.7 Å². The quantitative estimate of drug-likeness (QED) is 0.148. The molecule has 0 unspecified atom stereocenters. The fourth-order valence-corrected chi connectivity index (χ4v) is 16.5. The van der Waals surface area contributed by atoms with Gasteiger partial charge in [0.2, 0.25) is 0 Å². The maximum Gasteiger partial charge on any atom is 0.278 e. The van der Waals surface area contributed by atoms with Gasteiger partial charge in [-0.15, -0.1) is 12.8 Å². The zero-order valence-corrected chi connectivity index (χ0v) is 25.7. The van der Waals surface area contributed by atoms with Gasteiger partial charge in [-0.25, -0.2) is 0 Å². The Hall–Kier alpha value is -5.17. The van der Waals surface area contributed by atoms with Gasteiger partial charge in [0, 0.05) is 11.1 Å². The molecular weight excluding hydrogens is 553 g/mol. The lowest BCUT2D eigenvalue weighted by Crippen LogP contribution is -2.81. The average molecular weight is 583 g/mol. The number of benzene rings is 6. The van der Waals surface area contributed by atoms with E-state index in [0.717, 1.165) is 21.5 Å². The minimum absolute atomic E-state index is 0.840. The monoisotopic (exact) mass is 582 g/mol. The fraction of sp³-hybridized carbons (Fsp3) is 0. The molecule has 0 saturated heterocycles. The molecule has 0 radical (unpaired) electrons. The molecule has 3 heteroatoms. The van der Waals surface area contributed by atoms with Crippen molar-refractivity contribution in [3.63, 3.8) is 0 Å². The van der Waals surface area contributed by atoms with Gasteiger partial charge >= 0.3 is 0 Å². The Morgan fingerprint density at radius 2 is 0.558 bits per heavy atom. The van der Waals surface area contributed by atoms with E-state index in [0.29, 0.717) is 0 Å². The van der Waals surface area contributed by atoms with Crippen molar-refractivity contribution in [3.05, 3.63) is 181 Å². The van der Waals surface area contributed by atoms with Crippen LogP contribution >= 0.6 is 0 Å². The van der Waals surface area contributed by atoms with Gasteiger partial charge in [-0.1, -0.05) is 157 Å². The van der Waals surface area contributed by atoms with Crippen molar-refractivity contribution >= 4 is 47.8 Å². The third-order valence-electron chi connectivity index (χ3n) is 7.94. The summed E-state index contributed by atoms with van der Waals surface area (Å²) in [6, 6.07) is 59.6. The van der Waals surface area contributed by atoms with Crippen molar-refractivity contribution < 1.29 is 4.12 Å². The molecule has 204 valence electrons. The summed E-state index contributed by atoms with van der Waals surface area (Å²) < 4.78 is 8.26. The van der Waals surface area contributed by atoms with E-state index in [4.69, 9.17) is 17.0 Å². The second-order valence-corrected chi connectivity index (χ2v) is 17.4. The lowest BCUT2D eigenvalue weighted by Gasteiger charge is -2.44. The first-order valence-electron chi connectivity index (χ1n) is 14.3. The smallest absolute Gasteiger partial charge is 0.278 e. The molecule has 0 aliphatic carbocycles. The lowest BCUT2D eigenvalue weighted by atomic mass is 10.2. The molecule has 0 fully saturated rings. The Kier molecular flexibility index (Phi) is 8.05. The summed E-state index contributed by atoms with van der Waals surface area (Å²) in [7, 11) is -6.42. The zero-order valence-electron chi connectivity index (χ0n) is 23.7. The molecule has 6 aromatic carbocycles. The molecule has 0 aliphatic rings. The number of rotatable bonds is 8. The molecular formula is C40H30OSi2. The van der Waals surface area contributed by atoms with Crippen LogP contribution < -0.4 is 31.1 Å². The molecule has 0 aliphatic heterocycles. The van der Waals surface area contributed by atoms with E-state index in [9.17, 15) is 0 Å². The van der Waals surface area contributed by atoms with Gasteiger partial charge in [0.05, 0.1) is 0 Å². The van der Waals surface area contributed by atoms with Crippen molar-refractivity contribution in [1.82, 2.24) is 0 Å². The molecule has 0 amide bonds.